The Bertz CT molecular complexity index is 656. The normalized spacial score (nSPS) is 10.8. The highest BCUT2D eigenvalue weighted by Crippen LogP contribution is 2.17. The van der Waals surface area contributed by atoms with Gasteiger partial charge in [0.05, 0.1) is 0 Å². The topological polar surface area (TPSA) is 52.9 Å². The fourth-order valence-corrected chi connectivity index (χ4v) is 2.45. The molecule has 0 spiro atoms. The number of carbonyl (C=O) groups is 1. The zero-order chi connectivity index (χ0) is 13.7. The third-order valence-corrected chi connectivity index (χ3v) is 3.50. The number of anilines is 1. The van der Waals surface area contributed by atoms with Gasteiger partial charge in [-0.1, -0.05) is 22.0 Å². The third-order valence-electron chi connectivity index (χ3n) is 2.30. The standard InChI is InChI=1S/C14H9BrN2OS/c15-12-2-1-3-13(7-12)17-14(18)11(8-16)6-10-4-5-19-9-10/h1-7,9H,(H,17,18). The average Bonchev–Trinajstić information content (AvgIpc) is 2.88. The molecule has 0 saturated heterocycles. The zero-order valence-electron chi connectivity index (χ0n) is 9.76. The number of halogens is 1. The Morgan fingerprint density at radius 3 is 2.89 bits per heavy atom. The molecule has 1 N–H and O–H groups in total. The summed E-state index contributed by atoms with van der Waals surface area (Å²) in [6.07, 6.45) is 1.57. The molecule has 3 nitrogen and oxygen atoms in total. The van der Waals surface area contributed by atoms with Gasteiger partial charge in [-0.3, -0.25) is 4.79 Å². The van der Waals surface area contributed by atoms with E-state index in [0.717, 1.165) is 10.0 Å². The molecule has 2 aromatic rings. The van der Waals surface area contributed by atoms with E-state index in [1.807, 2.05) is 35.0 Å². The van der Waals surface area contributed by atoms with Crippen molar-refractivity contribution in [1.82, 2.24) is 0 Å². The van der Waals surface area contributed by atoms with E-state index < -0.39 is 5.91 Å². The molecule has 0 aliphatic rings. The number of hydrogen-bond donors (Lipinski definition) is 1. The van der Waals surface area contributed by atoms with Crippen molar-refractivity contribution in [1.29, 1.82) is 5.26 Å². The minimum atomic E-state index is -0.410. The van der Waals surface area contributed by atoms with Crippen molar-refractivity contribution in [2.45, 2.75) is 0 Å². The van der Waals surface area contributed by atoms with Crippen molar-refractivity contribution in [2.24, 2.45) is 0 Å². The van der Waals surface area contributed by atoms with Crippen LogP contribution in [0.3, 0.4) is 0 Å². The van der Waals surface area contributed by atoms with Crippen LogP contribution in [-0.4, -0.2) is 5.91 Å². The van der Waals surface area contributed by atoms with Crippen molar-refractivity contribution in [3.05, 3.63) is 56.7 Å². The second-order valence-corrected chi connectivity index (χ2v) is 5.39. The van der Waals surface area contributed by atoms with Gasteiger partial charge < -0.3 is 5.32 Å². The molecule has 0 aliphatic carbocycles. The summed E-state index contributed by atoms with van der Waals surface area (Å²) in [5.41, 5.74) is 1.58. The highest BCUT2D eigenvalue weighted by molar-refractivity contribution is 9.10. The number of amides is 1. The molecule has 1 amide bonds. The molecule has 19 heavy (non-hydrogen) atoms. The number of nitriles is 1. The molecule has 0 saturated carbocycles. The van der Waals surface area contributed by atoms with Crippen molar-refractivity contribution in [3.63, 3.8) is 0 Å². The van der Waals surface area contributed by atoms with Gasteiger partial charge in [-0.15, -0.1) is 0 Å². The Morgan fingerprint density at radius 1 is 1.42 bits per heavy atom. The van der Waals surface area contributed by atoms with E-state index in [1.165, 1.54) is 11.3 Å². The average molecular weight is 333 g/mol. The summed E-state index contributed by atoms with van der Waals surface area (Å²) in [6.45, 7) is 0. The summed E-state index contributed by atoms with van der Waals surface area (Å²) >= 11 is 4.84. The predicted molar refractivity (Wildman–Crippen MR) is 80.7 cm³/mol. The minimum Gasteiger partial charge on any atom is -0.321 e. The number of benzene rings is 1. The number of nitrogens with zero attached hydrogens (tertiary/aromatic N) is 1. The van der Waals surface area contributed by atoms with E-state index in [4.69, 9.17) is 5.26 Å². The smallest absolute Gasteiger partial charge is 0.266 e. The Hall–Kier alpha value is -1.90. The molecule has 0 unspecified atom stereocenters. The molecule has 0 bridgehead atoms. The molecule has 94 valence electrons. The van der Waals surface area contributed by atoms with Crippen LogP contribution < -0.4 is 5.32 Å². The van der Waals surface area contributed by atoms with Crippen LogP contribution in [0.1, 0.15) is 5.56 Å². The lowest BCUT2D eigenvalue weighted by Crippen LogP contribution is -2.13. The van der Waals surface area contributed by atoms with E-state index in [9.17, 15) is 4.79 Å². The first-order valence-electron chi connectivity index (χ1n) is 5.40. The van der Waals surface area contributed by atoms with Crippen molar-refractivity contribution in [2.75, 3.05) is 5.32 Å². The molecule has 0 aliphatic heterocycles. The summed E-state index contributed by atoms with van der Waals surface area (Å²) in [5, 5.41) is 15.5. The maximum Gasteiger partial charge on any atom is 0.266 e. The quantitative estimate of drug-likeness (QED) is 0.680. The lowest BCUT2D eigenvalue weighted by Gasteiger charge is -2.04. The molecule has 0 atom stereocenters. The second-order valence-electron chi connectivity index (χ2n) is 3.69. The number of hydrogen-bond acceptors (Lipinski definition) is 3. The second kappa shape index (κ2) is 6.32. The third kappa shape index (κ3) is 3.78. The van der Waals surface area contributed by atoms with Gasteiger partial charge in [0.2, 0.25) is 0 Å². The van der Waals surface area contributed by atoms with E-state index >= 15 is 0 Å². The SMILES string of the molecule is N#CC(=Cc1ccsc1)C(=O)Nc1cccc(Br)c1. The molecule has 0 fully saturated rings. The molecule has 2 rings (SSSR count). The largest absolute Gasteiger partial charge is 0.321 e. The Labute approximate surface area is 123 Å². The summed E-state index contributed by atoms with van der Waals surface area (Å²) in [7, 11) is 0. The fourth-order valence-electron chi connectivity index (χ4n) is 1.44. The van der Waals surface area contributed by atoms with Gasteiger partial charge in [-0.2, -0.15) is 16.6 Å². The molecule has 5 heteroatoms. The maximum absolute atomic E-state index is 12.0. The summed E-state index contributed by atoms with van der Waals surface area (Å²) < 4.78 is 0.866. The van der Waals surface area contributed by atoms with E-state index in [1.54, 1.807) is 18.2 Å². The predicted octanol–water partition coefficient (Wildman–Crippen LogP) is 4.06. The zero-order valence-corrected chi connectivity index (χ0v) is 12.2. The van der Waals surface area contributed by atoms with Gasteiger partial charge in [0.25, 0.3) is 5.91 Å². The van der Waals surface area contributed by atoms with Crippen LogP contribution >= 0.6 is 27.3 Å². The highest BCUT2D eigenvalue weighted by Gasteiger charge is 2.09. The van der Waals surface area contributed by atoms with E-state index in [2.05, 4.69) is 21.2 Å². The van der Waals surface area contributed by atoms with E-state index in [-0.39, 0.29) is 5.57 Å². The van der Waals surface area contributed by atoms with Gasteiger partial charge in [-0.05, 0) is 46.7 Å². The van der Waals surface area contributed by atoms with Gasteiger partial charge in [-0.25, -0.2) is 0 Å². The lowest BCUT2D eigenvalue weighted by molar-refractivity contribution is -0.112. The van der Waals surface area contributed by atoms with Crippen LogP contribution in [-0.2, 0) is 4.79 Å². The highest BCUT2D eigenvalue weighted by atomic mass is 79.9. The number of rotatable bonds is 3. The monoisotopic (exact) mass is 332 g/mol. The van der Waals surface area contributed by atoms with Gasteiger partial charge in [0.1, 0.15) is 11.6 Å². The number of carbonyl (C=O) groups excluding carboxylic acids is 1. The summed E-state index contributed by atoms with van der Waals surface area (Å²) in [4.78, 5) is 12.0. The van der Waals surface area contributed by atoms with Crippen LogP contribution in [0.15, 0.2) is 51.1 Å². The van der Waals surface area contributed by atoms with Crippen molar-refractivity contribution >= 4 is 44.9 Å². The molecular weight excluding hydrogens is 324 g/mol. The summed E-state index contributed by atoms with van der Waals surface area (Å²) in [6, 6.07) is 11.0. The van der Waals surface area contributed by atoms with Crippen molar-refractivity contribution in [3.8, 4) is 6.07 Å². The van der Waals surface area contributed by atoms with Crippen LogP contribution in [0.25, 0.3) is 6.08 Å². The Balaban J connectivity index is 2.17. The van der Waals surface area contributed by atoms with E-state index in [0.29, 0.717) is 5.69 Å². The molecule has 1 heterocycles. The van der Waals surface area contributed by atoms with Crippen molar-refractivity contribution < 1.29 is 4.79 Å². The molecular formula is C14H9BrN2OS. The van der Waals surface area contributed by atoms with Gasteiger partial charge >= 0.3 is 0 Å². The number of thiophene rings is 1. The first kappa shape index (κ1) is 13.5. The minimum absolute atomic E-state index is 0.0818. The number of nitrogens with one attached hydrogen (secondary N) is 1. The summed E-state index contributed by atoms with van der Waals surface area (Å²) in [5.74, 6) is -0.410. The fraction of sp³-hybridized carbons (Fsp3) is 0. The Kier molecular flexibility index (Phi) is 4.50. The maximum atomic E-state index is 12.0. The van der Waals surface area contributed by atoms with Gasteiger partial charge in [0, 0.05) is 10.2 Å². The molecule has 0 radical (unpaired) electrons. The Morgan fingerprint density at radius 2 is 2.26 bits per heavy atom. The van der Waals surface area contributed by atoms with Crippen LogP contribution in [0.4, 0.5) is 5.69 Å². The van der Waals surface area contributed by atoms with Crippen LogP contribution in [0, 0.1) is 11.3 Å². The van der Waals surface area contributed by atoms with Crippen LogP contribution in [0.5, 0.6) is 0 Å². The van der Waals surface area contributed by atoms with Crippen LogP contribution in [0.2, 0.25) is 0 Å². The molecule has 1 aromatic carbocycles. The lowest BCUT2D eigenvalue weighted by atomic mass is 10.2. The van der Waals surface area contributed by atoms with Gasteiger partial charge in [0.15, 0.2) is 0 Å². The first-order chi connectivity index (χ1) is 9.19. The first-order valence-corrected chi connectivity index (χ1v) is 7.13. The molecule has 1 aromatic heterocycles.